The summed E-state index contributed by atoms with van der Waals surface area (Å²) in [7, 11) is 1.65. The Hall–Kier alpha value is -5.14. The van der Waals surface area contributed by atoms with Gasteiger partial charge in [0.15, 0.2) is 0 Å². The van der Waals surface area contributed by atoms with Crippen molar-refractivity contribution >= 4 is 29.2 Å². The highest BCUT2D eigenvalue weighted by Crippen LogP contribution is 2.30. The largest absolute Gasteiger partial charge is 0.462 e. The molecule has 0 bridgehead atoms. The van der Waals surface area contributed by atoms with Crippen LogP contribution in [0.4, 0.5) is 11.4 Å². The molecule has 14 heteroatoms. The van der Waals surface area contributed by atoms with E-state index in [1.165, 1.54) is 53.4 Å². The van der Waals surface area contributed by atoms with E-state index in [0.29, 0.717) is 42.0 Å². The second-order valence-electron chi connectivity index (χ2n) is 10.2. The first-order chi connectivity index (χ1) is 19.5. The molecule has 0 radical (unpaired) electrons. The average Bonchev–Trinajstić information content (AvgIpc) is 3.24. The molecule has 3 heterocycles. The van der Waals surface area contributed by atoms with E-state index >= 15 is 0 Å². The zero-order chi connectivity index (χ0) is 29.4. The van der Waals surface area contributed by atoms with Crippen molar-refractivity contribution < 1.29 is 29.0 Å². The van der Waals surface area contributed by atoms with Crippen molar-refractivity contribution in [1.29, 1.82) is 0 Å². The van der Waals surface area contributed by atoms with Gasteiger partial charge in [0, 0.05) is 73.9 Å². The molecule has 0 unspecified atom stereocenters. The zero-order valence-electron chi connectivity index (χ0n) is 22.3. The lowest BCUT2D eigenvalue weighted by Crippen LogP contribution is -2.43. The minimum absolute atomic E-state index is 0.00142. The molecule has 0 fully saturated rings. The number of nitrogens with zero attached hydrogens (tertiary/aromatic N) is 6. The summed E-state index contributed by atoms with van der Waals surface area (Å²) in [5, 5.41) is 26.5. The molecule has 0 saturated carbocycles. The number of nitro groups is 2. The summed E-state index contributed by atoms with van der Waals surface area (Å²) < 4.78 is 7.10. The predicted octanol–water partition coefficient (Wildman–Crippen LogP) is 2.85. The molecule has 0 aliphatic carbocycles. The molecule has 0 saturated heterocycles. The molecule has 14 nitrogen and oxygen atoms in total. The van der Waals surface area contributed by atoms with Crippen molar-refractivity contribution in [1.82, 2.24) is 19.6 Å². The van der Waals surface area contributed by atoms with Crippen molar-refractivity contribution in [3.63, 3.8) is 0 Å². The van der Waals surface area contributed by atoms with Crippen molar-refractivity contribution in [3.05, 3.63) is 96.8 Å². The SMILES string of the molecule is C[C@@H]1Cc2nn3c(c2CN1C(=O)c1ccc([N+](=O)[O-])cc1)C(=O)N(C)C[C@H](COC(=O)c1ccc([N+](=O)[O-])cc1)C3. The predicted molar refractivity (Wildman–Crippen MR) is 142 cm³/mol. The third-order valence-corrected chi connectivity index (χ3v) is 7.35. The Kier molecular flexibility index (Phi) is 7.22. The van der Waals surface area contributed by atoms with Crippen LogP contribution in [0.3, 0.4) is 0 Å². The number of ether oxygens (including phenoxy) is 1. The lowest BCUT2D eigenvalue weighted by molar-refractivity contribution is -0.385. The lowest BCUT2D eigenvalue weighted by Gasteiger charge is -2.33. The summed E-state index contributed by atoms with van der Waals surface area (Å²) >= 11 is 0. The van der Waals surface area contributed by atoms with Gasteiger partial charge >= 0.3 is 5.97 Å². The van der Waals surface area contributed by atoms with E-state index in [1.807, 2.05) is 6.92 Å². The Labute approximate surface area is 233 Å². The molecule has 2 aromatic carbocycles. The van der Waals surface area contributed by atoms with Crippen molar-refractivity contribution in [3.8, 4) is 0 Å². The van der Waals surface area contributed by atoms with Gasteiger partial charge in [0.05, 0.1) is 34.3 Å². The maximum absolute atomic E-state index is 13.4. The topological polar surface area (TPSA) is 171 Å². The average molecular weight is 563 g/mol. The number of aromatic nitrogens is 2. The van der Waals surface area contributed by atoms with Crippen LogP contribution in [-0.2, 0) is 24.2 Å². The number of carbonyl (C=O) groups excluding carboxylic acids is 3. The van der Waals surface area contributed by atoms with Crippen LogP contribution < -0.4 is 0 Å². The first kappa shape index (κ1) is 27.4. The fourth-order valence-corrected chi connectivity index (χ4v) is 5.18. The Morgan fingerprint density at radius 3 is 2.15 bits per heavy atom. The molecule has 212 valence electrons. The smallest absolute Gasteiger partial charge is 0.338 e. The summed E-state index contributed by atoms with van der Waals surface area (Å²) in [4.78, 5) is 63.2. The third-order valence-electron chi connectivity index (χ3n) is 7.35. The van der Waals surface area contributed by atoms with Crippen LogP contribution in [0.25, 0.3) is 0 Å². The van der Waals surface area contributed by atoms with Gasteiger partial charge in [-0.1, -0.05) is 0 Å². The number of hydrogen-bond donors (Lipinski definition) is 0. The summed E-state index contributed by atoms with van der Waals surface area (Å²) in [6.07, 6.45) is 0.421. The molecular weight excluding hydrogens is 536 g/mol. The highest BCUT2D eigenvalue weighted by atomic mass is 16.6. The van der Waals surface area contributed by atoms with Crippen LogP contribution >= 0.6 is 0 Å². The van der Waals surface area contributed by atoms with E-state index in [9.17, 15) is 34.6 Å². The minimum atomic E-state index is -0.632. The van der Waals surface area contributed by atoms with E-state index in [2.05, 4.69) is 0 Å². The fraction of sp³-hybridized carbons (Fsp3) is 0.333. The number of fused-ring (bicyclic) bond motifs is 3. The van der Waals surface area contributed by atoms with E-state index in [0.717, 1.165) is 0 Å². The maximum Gasteiger partial charge on any atom is 0.338 e. The van der Waals surface area contributed by atoms with Crippen LogP contribution in [0.5, 0.6) is 0 Å². The van der Waals surface area contributed by atoms with Crippen molar-refractivity contribution in [2.24, 2.45) is 5.92 Å². The summed E-state index contributed by atoms with van der Waals surface area (Å²) in [6.45, 7) is 2.63. The summed E-state index contributed by atoms with van der Waals surface area (Å²) in [5.41, 5.74) is 1.98. The number of esters is 1. The standard InChI is InChI=1S/C27H26N6O8/c1-16-11-23-22(14-30(16)25(34)18-3-7-20(8-4-18)32(37)38)24-26(35)29(2)12-17(13-31(24)28-23)15-41-27(36)19-5-9-21(10-6-19)33(39)40/h3-10,16-17H,11-15H2,1-2H3/t16-,17+/m1/s1. The molecule has 2 aliphatic heterocycles. The number of hydrogen-bond acceptors (Lipinski definition) is 9. The van der Waals surface area contributed by atoms with Crippen molar-refractivity contribution in [2.75, 3.05) is 20.2 Å². The lowest BCUT2D eigenvalue weighted by atomic mass is 9.98. The first-order valence-electron chi connectivity index (χ1n) is 12.8. The molecule has 3 aromatic rings. The number of amides is 2. The number of nitro benzene ring substituents is 2. The van der Waals surface area contributed by atoms with Crippen LogP contribution in [0.1, 0.15) is 49.4 Å². The van der Waals surface area contributed by atoms with E-state index in [-0.39, 0.29) is 53.9 Å². The van der Waals surface area contributed by atoms with Gasteiger partial charge < -0.3 is 14.5 Å². The van der Waals surface area contributed by atoms with Gasteiger partial charge in [0.25, 0.3) is 23.2 Å². The van der Waals surface area contributed by atoms with Gasteiger partial charge in [0.1, 0.15) is 5.69 Å². The normalized spacial score (nSPS) is 18.2. The fourth-order valence-electron chi connectivity index (χ4n) is 5.18. The number of non-ortho nitro benzene ring substituents is 2. The van der Waals surface area contributed by atoms with Gasteiger partial charge in [-0.2, -0.15) is 5.10 Å². The number of rotatable bonds is 6. The third kappa shape index (κ3) is 5.35. The first-order valence-corrected chi connectivity index (χ1v) is 12.8. The monoisotopic (exact) mass is 562 g/mol. The van der Waals surface area contributed by atoms with E-state index in [1.54, 1.807) is 16.6 Å². The maximum atomic E-state index is 13.4. The van der Waals surface area contributed by atoms with Crippen LogP contribution in [-0.4, -0.2) is 73.5 Å². The second kappa shape index (κ2) is 10.8. The number of carbonyl (C=O) groups is 3. The van der Waals surface area contributed by atoms with Crippen LogP contribution in [0.2, 0.25) is 0 Å². The highest BCUT2D eigenvalue weighted by Gasteiger charge is 2.37. The molecule has 2 aliphatic rings. The zero-order valence-corrected chi connectivity index (χ0v) is 22.3. The van der Waals surface area contributed by atoms with Gasteiger partial charge in [-0.15, -0.1) is 0 Å². The Morgan fingerprint density at radius 2 is 1.56 bits per heavy atom. The van der Waals surface area contributed by atoms with Crippen LogP contribution in [0, 0.1) is 26.1 Å². The Bertz CT molecular complexity index is 1550. The minimum Gasteiger partial charge on any atom is -0.462 e. The summed E-state index contributed by atoms with van der Waals surface area (Å²) in [6, 6.07) is 10.3. The van der Waals surface area contributed by atoms with Gasteiger partial charge in [0.2, 0.25) is 0 Å². The molecular formula is C27H26N6O8. The molecule has 41 heavy (non-hydrogen) atoms. The quantitative estimate of drug-likeness (QED) is 0.249. The molecule has 2 amide bonds. The van der Waals surface area contributed by atoms with Gasteiger partial charge in [-0.3, -0.25) is 34.5 Å². The van der Waals surface area contributed by atoms with E-state index < -0.39 is 15.8 Å². The second-order valence-corrected chi connectivity index (χ2v) is 10.2. The molecule has 5 rings (SSSR count). The van der Waals surface area contributed by atoms with E-state index in [4.69, 9.17) is 9.84 Å². The molecule has 0 N–H and O–H groups in total. The van der Waals surface area contributed by atoms with Crippen molar-refractivity contribution in [2.45, 2.75) is 32.5 Å². The van der Waals surface area contributed by atoms with Crippen LogP contribution in [0.15, 0.2) is 48.5 Å². The number of benzene rings is 2. The molecule has 1 aromatic heterocycles. The van der Waals surface area contributed by atoms with Gasteiger partial charge in [-0.05, 0) is 31.2 Å². The highest BCUT2D eigenvalue weighted by molar-refractivity contribution is 5.97. The molecule has 0 spiro atoms. The van der Waals surface area contributed by atoms with Gasteiger partial charge in [-0.25, -0.2) is 4.79 Å². The molecule has 2 atom stereocenters. The Balaban J connectivity index is 1.32. The summed E-state index contributed by atoms with van der Waals surface area (Å²) in [5.74, 6) is -1.47. The Morgan fingerprint density at radius 1 is 0.976 bits per heavy atom.